The topological polar surface area (TPSA) is 103 Å². The van der Waals surface area contributed by atoms with Gasteiger partial charge < -0.3 is 16.0 Å². The van der Waals surface area contributed by atoms with Gasteiger partial charge in [0.25, 0.3) is 5.91 Å². The number of para-hydroxylation sites is 1. The Bertz CT molecular complexity index is 1090. The van der Waals surface area contributed by atoms with Crippen molar-refractivity contribution in [1.82, 2.24) is 15.3 Å². The Morgan fingerprint density at radius 2 is 1.86 bits per heavy atom. The Labute approximate surface area is 172 Å². The predicted molar refractivity (Wildman–Crippen MR) is 112 cm³/mol. The summed E-state index contributed by atoms with van der Waals surface area (Å²) in [5, 5.41) is 18.4. The van der Waals surface area contributed by atoms with E-state index in [4.69, 9.17) is 16.9 Å². The minimum absolute atomic E-state index is 0.128. The molecule has 0 radical (unpaired) electrons. The van der Waals surface area contributed by atoms with Crippen LogP contribution >= 0.6 is 11.6 Å². The molecule has 3 N–H and O–H groups in total. The molecule has 0 unspecified atom stereocenters. The van der Waals surface area contributed by atoms with E-state index in [-0.39, 0.29) is 11.9 Å². The molecule has 0 saturated heterocycles. The number of nitrogens with one attached hydrogen (secondary N) is 3. The van der Waals surface area contributed by atoms with E-state index in [0.717, 1.165) is 18.5 Å². The molecule has 4 rings (SSSR count). The van der Waals surface area contributed by atoms with Gasteiger partial charge >= 0.3 is 0 Å². The van der Waals surface area contributed by atoms with Gasteiger partial charge in [0.05, 0.1) is 29.1 Å². The molecule has 3 aromatic rings. The van der Waals surface area contributed by atoms with Crippen LogP contribution in [-0.2, 0) is 0 Å². The fourth-order valence-electron chi connectivity index (χ4n) is 2.68. The average Bonchev–Trinajstić information content (AvgIpc) is 3.55. The lowest BCUT2D eigenvalue weighted by atomic mass is 10.1. The van der Waals surface area contributed by atoms with E-state index in [9.17, 15) is 4.79 Å². The first-order valence-corrected chi connectivity index (χ1v) is 9.47. The Morgan fingerprint density at radius 3 is 2.59 bits per heavy atom. The van der Waals surface area contributed by atoms with Crippen molar-refractivity contribution in [3.8, 4) is 6.07 Å². The van der Waals surface area contributed by atoms with E-state index in [1.165, 1.54) is 6.20 Å². The van der Waals surface area contributed by atoms with Crippen molar-refractivity contribution >= 4 is 40.6 Å². The Hall–Kier alpha value is -3.63. The number of carbonyl (C=O) groups is 1. The molecule has 29 heavy (non-hydrogen) atoms. The summed E-state index contributed by atoms with van der Waals surface area (Å²) in [5.74, 6) is 0.586. The second kappa shape index (κ2) is 8.17. The minimum atomic E-state index is -0.128. The third kappa shape index (κ3) is 4.62. The summed E-state index contributed by atoms with van der Waals surface area (Å²) < 4.78 is 0. The summed E-state index contributed by atoms with van der Waals surface area (Å²) in [6.07, 6.45) is 3.52. The number of halogens is 1. The van der Waals surface area contributed by atoms with Crippen LogP contribution in [0.1, 0.15) is 28.8 Å². The molecule has 8 heteroatoms. The smallest absolute Gasteiger partial charge is 0.253 e. The number of nitrogens with zero attached hydrogens (tertiary/aromatic N) is 3. The van der Waals surface area contributed by atoms with Crippen LogP contribution < -0.4 is 16.0 Å². The number of carbonyl (C=O) groups excluding carboxylic acids is 1. The third-order valence-corrected chi connectivity index (χ3v) is 4.63. The molecule has 1 aliphatic rings. The first-order chi connectivity index (χ1) is 14.1. The predicted octanol–water partition coefficient (Wildman–Crippen LogP) is 4.38. The Balaban J connectivity index is 1.55. The molecule has 0 aliphatic heterocycles. The molecular formula is C21H17ClN6O. The molecule has 0 atom stereocenters. The highest BCUT2D eigenvalue weighted by atomic mass is 35.5. The number of benzene rings is 2. The van der Waals surface area contributed by atoms with Crippen molar-refractivity contribution in [2.45, 2.75) is 18.9 Å². The number of amides is 1. The van der Waals surface area contributed by atoms with Crippen molar-refractivity contribution in [3.63, 3.8) is 0 Å². The number of rotatable bonds is 6. The van der Waals surface area contributed by atoms with Crippen molar-refractivity contribution < 1.29 is 4.79 Å². The van der Waals surface area contributed by atoms with E-state index in [1.54, 1.807) is 36.4 Å². The quantitative estimate of drug-likeness (QED) is 0.563. The molecular weight excluding hydrogens is 388 g/mol. The maximum absolute atomic E-state index is 12.5. The lowest BCUT2D eigenvalue weighted by Crippen LogP contribution is -2.26. The summed E-state index contributed by atoms with van der Waals surface area (Å²) in [7, 11) is 0. The summed E-state index contributed by atoms with van der Waals surface area (Å²) in [5.41, 5.74) is 2.43. The van der Waals surface area contributed by atoms with Gasteiger partial charge in [-0.05, 0) is 49.2 Å². The molecule has 144 valence electrons. The van der Waals surface area contributed by atoms with Gasteiger partial charge in [-0.3, -0.25) is 4.79 Å². The molecule has 0 bridgehead atoms. The van der Waals surface area contributed by atoms with Crippen LogP contribution in [0.4, 0.5) is 23.1 Å². The van der Waals surface area contributed by atoms with Crippen LogP contribution in [0.2, 0.25) is 5.02 Å². The van der Waals surface area contributed by atoms with E-state index in [2.05, 4.69) is 32.0 Å². The first kappa shape index (κ1) is 18.7. The molecule has 1 amide bonds. The van der Waals surface area contributed by atoms with Crippen LogP contribution in [0.15, 0.2) is 54.7 Å². The molecule has 7 nitrogen and oxygen atoms in total. The minimum Gasteiger partial charge on any atom is -0.349 e. The normalized spacial score (nSPS) is 12.7. The average molecular weight is 405 g/mol. The molecule has 1 heterocycles. The standard InChI is InChI=1S/C21H17ClN6O/c22-17-12-24-21(26-15-7-5-13(11-23)6-8-15)28-19(17)27-18-4-2-1-3-16(18)20(29)25-14-9-10-14/h1-8,12,14H,9-10H2,(H,25,29)(H2,24,26,27,28). The van der Waals surface area contributed by atoms with Gasteiger partial charge in [0.15, 0.2) is 5.82 Å². The molecule has 1 aliphatic carbocycles. The maximum atomic E-state index is 12.5. The summed E-state index contributed by atoms with van der Waals surface area (Å²) in [6.45, 7) is 0. The van der Waals surface area contributed by atoms with Gasteiger partial charge in [-0.15, -0.1) is 0 Å². The highest BCUT2D eigenvalue weighted by molar-refractivity contribution is 6.33. The van der Waals surface area contributed by atoms with Crippen molar-refractivity contribution in [2.24, 2.45) is 0 Å². The number of aromatic nitrogens is 2. The maximum Gasteiger partial charge on any atom is 0.253 e. The fourth-order valence-corrected chi connectivity index (χ4v) is 2.82. The van der Waals surface area contributed by atoms with Gasteiger partial charge in [-0.2, -0.15) is 10.2 Å². The molecule has 1 fully saturated rings. The van der Waals surface area contributed by atoms with Gasteiger partial charge in [-0.1, -0.05) is 23.7 Å². The Morgan fingerprint density at radius 1 is 1.10 bits per heavy atom. The van der Waals surface area contributed by atoms with Crippen LogP contribution in [0, 0.1) is 11.3 Å². The van der Waals surface area contributed by atoms with Gasteiger partial charge in [0.1, 0.15) is 5.02 Å². The first-order valence-electron chi connectivity index (χ1n) is 9.09. The number of anilines is 4. The number of hydrogen-bond acceptors (Lipinski definition) is 6. The zero-order valence-electron chi connectivity index (χ0n) is 15.3. The highest BCUT2D eigenvalue weighted by Crippen LogP contribution is 2.27. The zero-order valence-corrected chi connectivity index (χ0v) is 16.1. The number of nitriles is 1. The van der Waals surface area contributed by atoms with Gasteiger partial charge in [-0.25, -0.2) is 4.98 Å². The van der Waals surface area contributed by atoms with Gasteiger partial charge in [0.2, 0.25) is 5.95 Å². The van der Waals surface area contributed by atoms with Crippen molar-refractivity contribution in [3.05, 3.63) is 70.9 Å². The summed E-state index contributed by atoms with van der Waals surface area (Å²) in [6, 6.07) is 16.5. The van der Waals surface area contributed by atoms with Crippen LogP contribution in [0.5, 0.6) is 0 Å². The lowest BCUT2D eigenvalue weighted by molar-refractivity contribution is 0.0952. The zero-order chi connectivity index (χ0) is 20.2. The second-order valence-electron chi connectivity index (χ2n) is 6.62. The van der Waals surface area contributed by atoms with E-state index >= 15 is 0 Å². The largest absolute Gasteiger partial charge is 0.349 e. The highest BCUT2D eigenvalue weighted by Gasteiger charge is 2.25. The van der Waals surface area contributed by atoms with E-state index < -0.39 is 0 Å². The molecule has 1 aromatic heterocycles. The monoisotopic (exact) mass is 404 g/mol. The third-order valence-electron chi connectivity index (χ3n) is 4.35. The van der Waals surface area contributed by atoms with Crippen molar-refractivity contribution in [1.29, 1.82) is 5.26 Å². The van der Waals surface area contributed by atoms with Crippen LogP contribution in [0.3, 0.4) is 0 Å². The Kier molecular flexibility index (Phi) is 5.27. The molecule has 1 saturated carbocycles. The number of hydrogen-bond donors (Lipinski definition) is 3. The summed E-state index contributed by atoms with van der Waals surface area (Å²) >= 11 is 6.26. The fraction of sp³-hybridized carbons (Fsp3) is 0.143. The van der Waals surface area contributed by atoms with Crippen LogP contribution in [-0.4, -0.2) is 21.9 Å². The molecule has 2 aromatic carbocycles. The SMILES string of the molecule is N#Cc1ccc(Nc2ncc(Cl)c(Nc3ccccc3C(=O)NC3CC3)n2)cc1. The van der Waals surface area contributed by atoms with Gasteiger partial charge in [0, 0.05) is 11.7 Å². The second-order valence-corrected chi connectivity index (χ2v) is 7.03. The van der Waals surface area contributed by atoms with E-state index in [0.29, 0.717) is 33.6 Å². The van der Waals surface area contributed by atoms with Crippen LogP contribution in [0.25, 0.3) is 0 Å². The lowest BCUT2D eigenvalue weighted by Gasteiger charge is -2.13. The van der Waals surface area contributed by atoms with E-state index in [1.807, 2.05) is 12.1 Å². The summed E-state index contributed by atoms with van der Waals surface area (Å²) in [4.78, 5) is 21.1. The molecule has 0 spiro atoms. The van der Waals surface area contributed by atoms with Crippen molar-refractivity contribution in [2.75, 3.05) is 10.6 Å².